The standard InChI is InChI=1S/C31H44N4O5/c1-5-6-16-34(3)17-18-35-27(29(37)33-23-13-8-7-10-20(23)2)31-15-14-24(40-31)25(26(31)30(35)38)28(36)32-21-11-9-12-22(19-21)39-4/h9,11-12,14-15,19-20,23-27H,5-8,10,13,16-18H2,1-4H3,(H,32,36)(H,33,37)/t20-,23-,24-,25-,26-,27+,31+/m1/s1. The van der Waals surface area contributed by atoms with Crippen molar-refractivity contribution in [1.82, 2.24) is 15.1 Å². The van der Waals surface area contributed by atoms with Crippen LogP contribution in [0.2, 0.25) is 0 Å². The zero-order valence-corrected chi connectivity index (χ0v) is 24.2. The number of hydrogen-bond acceptors (Lipinski definition) is 6. The molecule has 40 heavy (non-hydrogen) atoms. The van der Waals surface area contributed by atoms with Crippen LogP contribution in [0.3, 0.4) is 0 Å². The molecule has 7 atom stereocenters. The summed E-state index contributed by atoms with van der Waals surface area (Å²) in [4.78, 5) is 45.8. The topological polar surface area (TPSA) is 100 Å². The van der Waals surface area contributed by atoms with Crippen molar-refractivity contribution >= 4 is 23.4 Å². The van der Waals surface area contributed by atoms with Gasteiger partial charge < -0.3 is 29.9 Å². The van der Waals surface area contributed by atoms with Gasteiger partial charge in [0.05, 0.1) is 25.0 Å². The quantitative estimate of drug-likeness (QED) is 0.409. The van der Waals surface area contributed by atoms with E-state index in [2.05, 4.69) is 29.4 Å². The predicted octanol–water partition coefficient (Wildman–Crippen LogP) is 3.21. The third-order valence-corrected chi connectivity index (χ3v) is 9.32. The van der Waals surface area contributed by atoms with Crippen LogP contribution in [-0.2, 0) is 19.1 Å². The highest BCUT2D eigenvalue weighted by Crippen LogP contribution is 2.55. The zero-order chi connectivity index (χ0) is 28.4. The molecule has 1 aromatic carbocycles. The maximum Gasteiger partial charge on any atom is 0.246 e. The highest BCUT2D eigenvalue weighted by molar-refractivity contribution is 6.02. The Bertz CT molecular complexity index is 1140. The normalized spacial score (nSPS) is 32.4. The number of benzene rings is 1. The van der Waals surface area contributed by atoms with Gasteiger partial charge in [-0.25, -0.2) is 0 Å². The first kappa shape index (κ1) is 28.6. The first-order chi connectivity index (χ1) is 19.3. The molecule has 9 nitrogen and oxygen atoms in total. The molecule has 0 unspecified atom stereocenters. The van der Waals surface area contributed by atoms with Crippen LogP contribution in [0.25, 0.3) is 0 Å². The van der Waals surface area contributed by atoms with Gasteiger partial charge in [-0.15, -0.1) is 0 Å². The molecule has 2 saturated heterocycles. The largest absolute Gasteiger partial charge is 0.497 e. The minimum Gasteiger partial charge on any atom is -0.497 e. The van der Waals surface area contributed by atoms with E-state index < -0.39 is 29.6 Å². The molecule has 3 heterocycles. The average molecular weight is 553 g/mol. The van der Waals surface area contributed by atoms with Gasteiger partial charge in [-0.1, -0.05) is 51.3 Å². The maximum absolute atomic E-state index is 14.2. The number of methoxy groups -OCH3 is 1. The molecule has 0 aromatic heterocycles. The lowest BCUT2D eigenvalue weighted by molar-refractivity contribution is -0.141. The molecule has 4 aliphatic rings. The van der Waals surface area contributed by atoms with E-state index in [4.69, 9.17) is 9.47 Å². The molecule has 1 aromatic rings. The van der Waals surface area contributed by atoms with Crippen LogP contribution in [-0.4, -0.2) is 85.1 Å². The number of likely N-dealkylation sites (N-methyl/N-ethyl adjacent to an activating group) is 1. The fourth-order valence-electron chi connectivity index (χ4n) is 7.04. The Hall–Kier alpha value is -2.91. The minimum absolute atomic E-state index is 0.0793. The molecule has 218 valence electrons. The van der Waals surface area contributed by atoms with Crippen LogP contribution in [0.1, 0.15) is 52.4 Å². The SMILES string of the molecule is CCCCN(C)CCN1C(=O)[C@H]2[C@H](C(=O)Nc3cccc(OC)c3)[C@H]3C=C[C@@]2(O3)[C@@H]1C(=O)N[C@@H]1CCCC[C@H]1C. The van der Waals surface area contributed by atoms with Crippen LogP contribution in [0.5, 0.6) is 5.75 Å². The Balaban J connectivity index is 1.41. The lowest BCUT2D eigenvalue weighted by atomic mass is 9.74. The van der Waals surface area contributed by atoms with Gasteiger partial charge in [0.15, 0.2) is 0 Å². The molecule has 5 rings (SSSR count). The summed E-state index contributed by atoms with van der Waals surface area (Å²) in [6, 6.07) is 6.41. The summed E-state index contributed by atoms with van der Waals surface area (Å²) >= 11 is 0. The van der Waals surface area contributed by atoms with E-state index in [0.717, 1.165) is 38.6 Å². The zero-order valence-electron chi connectivity index (χ0n) is 24.2. The number of ether oxygens (including phenoxy) is 2. The van der Waals surface area contributed by atoms with Crippen LogP contribution in [0.4, 0.5) is 5.69 Å². The molecule has 3 fully saturated rings. The Morgan fingerprint density at radius 1 is 1.20 bits per heavy atom. The number of rotatable bonds is 11. The summed E-state index contributed by atoms with van der Waals surface area (Å²) in [7, 11) is 3.62. The summed E-state index contributed by atoms with van der Waals surface area (Å²) < 4.78 is 11.8. The molecule has 2 bridgehead atoms. The Kier molecular flexibility index (Phi) is 8.52. The van der Waals surface area contributed by atoms with E-state index in [1.807, 2.05) is 19.2 Å². The van der Waals surface area contributed by atoms with Crippen molar-refractivity contribution in [2.75, 3.05) is 39.1 Å². The van der Waals surface area contributed by atoms with Gasteiger partial charge in [-0.2, -0.15) is 0 Å². The van der Waals surface area contributed by atoms with Crippen LogP contribution < -0.4 is 15.4 Å². The van der Waals surface area contributed by atoms with Crippen molar-refractivity contribution < 1.29 is 23.9 Å². The third kappa shape index (κ3) is 5.26. The van der Waals surface area contributed by atoms with E-state index in [1.54, 1.807) is 36.3 Å². The third-order valence-electron chi connectivity index (χ3n) is 9.32. The number of likely N-dealkylation sites (tertiary alicyclic amines) is 1. The number of anilines is 1. The maximum atomic E-state index is 14.2. The first-order valence-corrected chi connectivity index (χ1v) is 14.9. The number of carbonyl (C=O) groups excluding carboxylic acids is 3. The first-order valence-electron chi connectivity index (χ1n) is 14.9. The minimum atomic E-state index is -1.15. The van der Waals surface area contributed by atoms with Gasteiger partial charge in [0, 0.05) is 30.9 Å². The van der Waals surface area contributed by atoms with Gasteiger partial charge in [0.2, 0.25) is 17.7 Å². The van der Waals surface area contributed by atoms with E-state index in [1.165, 1.54) is 6.42 Å². The lowest BCUT2D eigenvalue weighted by Gasteiger charge is -2.36. The summed E-state index contributed by atoms with van der Waals surface area (Å²) in [5, 5.41) is 6.26. The van der Waals surface area contributed by atoms with E-state index in [9.17, 15) is 14.4 Å². The van der Waals surface area contributed by atoms with E-state index in [0.29, 0.717) is 30.4 Å². The number of nitrogens with one attached hydrogen (secondary N) is 2. The second-order valence-corrected chi connectivity index (χ2v) is 12.0. The fourth-order valence-corrected chi connectivity index (χ4v) is 7.04. The predicted molar refractivity (Wildman–Crippen MR) is 153 cm³/mol. The van der Waals surface area contributed by atoms with Crippen molar-refractivity contribution in [3.8, 4) is 5.75 Å². The van der Waals surface area contributed by atoms with Crippen molar-refractivity contribution in [1.29, 1.82) is 0 Å². The van der Waals surface area contributed by atoms with Crippen molar-refractivity contribution in [2.24, 2.45) is 17.8 Å². The second kappa shape index (κ2) is 11.9. The lowest BCUT2D eigenvalue weighted by Crippen LogP contribution is -2.58. The number of carbonyl (C=O) groups is 3. The van der Waals surface area contributed by atoms with Gasteiger partial charge in [-0.05, 0) is 50.9 Å². The number of hydrogen-bond donors (Lipinski definition) is 2. The van der Waals surface area contributed by atoms with Crippen LogP contribution >= 0.6 is 0 Å². The molecule has 0 radical (unpaired) electrons. The van der Waals surface area contributed by atoms with E-state index >= 15 is 0 Å². The highest BCUT2D eigenvalue weighted by atomic mass is 16.5. The monoisotopic (exact) mass is 552 g/mol. The van der Waals surface area contributed by atoms with Crippen LogP contribution in [0.15, 0.2) is 36.4 Å². The summed E-state index contributed by atoms with van der Waals surface area (Å²) in [6.45, 7) is 6.31. The molecule has 1 saturated carbocycles. The Morgan fingerprint density at radius 2 is 2.00 bits per heavy atom. The summed E-state index contributed by atoms with van der Waals surface area (Å²) in [5.41, 5.74) is -0.562. The van der Waals surface area contributed by atoms with Gasteiger partial charge in [0.1, 0.15) is 17.4 Å². The van der Waals surface area contributed by atoms with Gasteiger partial charge in [-0.3, -0.25) is 14.4 Å². The smallest absolute Gasteiger partial charge is 0.246 e. The fraction of sp³-hybridized carbons (Fsp3) is 0.645. The highest BCUT2D eigenvalue weighted by Gasteiger charge is 2.72. The molecule has 3 aliphatic heterocycles. The molecular weight excluding hydrogens is 508 g/mol. The molecule has 3 amide bonds. The van der Waals surface area contributed by atoms with Crippen molar-refractivity contribution in [3.05, 3.63) is 36.4 Å². The number of nitrogens with zero attached hydrogens (tertiary/aromatic N) is 2. The second-order valence-electron chi connectivity index (χ2n) is 12.0. The molecule has 1 spiro atoms. The summed E-state index contributed by atoms with van der Waals surface area (Å²) in [6.07, 6.45) is 9.63. The molecule has 1 aliphatic carbocycles. The van der Waals surface area contributed by atoms with Crippen molar-refractivity contribution in [3.63, 3.8) is 0 Å². The van der Waals surface area contributed by atoms with Crippen LogP contribution in [0, 0.1) is 17.8 Å². The molecular formula is C31H44N4O5. The van der Waals surface area contributed by atoms with Crippen molar-refractivity contribution in [2.45, 2.75) is 76.2 Å². The van der Waals surface area contributed by atoms with Gasteiger partial charge >= 0.3 is 0 Å². The van der Waals surface area contributed by atoms with Gasteiger partial charge in [0.25, 0.3) is 0 Å². The number of amides is 3. The Labute approximate surface area is 237 Å². The number of fused-ring (bicyclic) bond motifs is 1. The number of unbranched alkanes of at least 4 members (excludes halogenated alkanes) is 1. The Morgan fingerprint density at radius 3 is 2.75 bits per heavy atom. The molecule has 2 N–H and O–H groups in total. The van der Waals surface area contributed by atoms with E-state index in [-0.39, 0.29) is 23.8 Å². The summed E-state index contributed by atoms with van der Waals surface area (Å²) in [5.74, 6) is -1.12. The average Bonchev–Trinajstić information content (AvgIpc) is 3.59. The molecule has 9 heteroatoms.